The topological polar surface area (TPSA) is 76.8 Å². The average Bonchev–Trinajstić information content (AvgIpc) is 2.37. The van der Waals surface area contributed by atoms with Gasteiger partial charge in [0, 0.05) is 32.2 Å². The third-order valence-electron chi connectivity index (χ3n) is 3.29. The van der Waals surface area contributed by atoms with Crippen LogP contribution in [0.25, 0.3) is 0 Å². The molecular weight excluding hydrogens is 258 g/mol. The van der Waals surface area contributed by atoms with Crippen molar-refractivity contribution in [3.63, 3.8) is 0 Å². The summed E-state index contributed by atoms with van der Waals surface area (Å²) in [5.41, 5.74) is 5.35. The van der Waals surface area contributed by atoms with Crippen LogP contribution in [0.15, 0.2) is 0 Å². The normalized spacial score (nSPS) is 22.4. The SMILES string of the molecule is CCC1CN(C(CN)CNC(=O)OC(C)(C)C)CCO1. The maximum atomic E-state index is 11.7. The molecule has 118 valence electrons. The molecule has 1 aliphatic rings. The summed E-state index contributed by atoms with van der Waals surface area (Å²) in [5.74, 6) is 0. The Morgan fingerprint density at radius 1 is 1.55 bits per heavy atom. The minimum atomic E-state index is -0.478. The van der Waals surface area contributed by atoms with E-state index in [1.54, 1.807) is 0 Å². The molecule has 1 fully saturated rings. The number of carbonyl (C=O) groups is 1. The van der Waals surface area contributed by atoms with Gasteiger partial charge in [-0.3, -0.25) is 4.90 Å². The van der Waals surface area contributed by atoms with E-state index in [0.717, 1.165) is 26.1 Å². The molecule has 0 aliphatic carbocycles. The van der Waals surface area contributed by atoms with Gasteiger partial charge in [-0.25, -0.2) is 4.79 Å². The van der Waals surface area contributed by atoms with Crippen LogP contribution in [-0.2, 0) is 9.47 Å². The summed E-state index contributed by atoms with van der Waals surface area (Å²) >= 11 is 0. The molecule has 0 saturated carbocycles. The molecule has 2 unspecified atom stereocenters. The molecule has 0 aromatic rings. The second-order valence-corrected chi connectivity index (χ2v) is 6.17. The van der Waals surface area contributed by atoms with Crippen LogP contribution in [-0.4, -0.2) is 61.5 Å². The number of morpholine rings is 1. The van der Waals surface area contributed by atoms with E-state index in [1.165, 1.54) is 0 Å². The highest BCUT2D eigenvalue weighted by Gasteiger charge is 2.25. The van der Waals surface area contributed by atoms with Gasteiger partial charge in [-0.2, -0.15) is 0 Å². The van der Waals surface area contributed by atoms with Gasteiger partial charge in [0.05, 0.1) is 12.7 Å². The fourth-order valence-corrected chi connectivity index (χ4v) is 2.20. The molecule has 2 atom stereocenters. The number of nitrogens with zero attached hydrogens (tertiary/aromatic N) is 1. The lowest BCUT2D eigenvalue weighted by molar-refractivity contribution is -0.0430. The molecular formula is C14H29N3O3. The predicted molar refractivity (Wildman–Crippen MR) is 78.7 cm³/mol. The Bertz CT molecular complexity index is 305. The third kappa shape index (κ3) is 6.07. The fraction of sp³-hybridized carbons (Fsp3) is 0.929. The number of hydrogen-bond acceptors (Lipinski definition) is 5. The lowest BCUT2D eigenvalue weighted by Crippen LogP contribution is -2.54. The van der Waals surface area contributed by atoms with E-state index in [2.05, 4.69) is 17.1 Å². The maximum absolute atomic E-state index is 11.7. The molecule has 0 bridgehead atoms. The quantitative estimate of drug-likeness (QED) is 0.787. The van der Waals surface area contributed by atoms with Crippen LogP contribution in [0.1, 0.15) is 34.1 Å². The van der Waals surface area contributed by atoms with E-state index in [-0.39, 0.29) is 12.1 Å². The predicted octanol–water partition coefficient (Wildman–Crippen LogP) is 0.949. The molecule has 0 aromatic carbocycles. The molecule has 6 heteroatoms. The molecule has 0 spiro atoms. The van der Waals surface area contributed by atoms with E-state index < -0.39 is 11.7 Å². The Kier molecular flexibility index (Phi) is 6.71. The molecule has 1 saturated heterocycles. The van der Waals surface area contributed by atoms with E-state index in [9.17, 15) is 4.79 Å². The van der Waals surface area contributed by atoms with Crippen LogP contribution in [0.2, 0.25) is 0 Å². The number of hydrogen-bond donors (Lipinski definition) is 2. The number of amides is 1. The van der Waals surface area contributed by atoms with Gasteiger partial charge in [0.1, 0.15) is 5.60 Å². The van der Waals surface area contributed by atoms with Crippen molar-refractivity contribution in [2.45, 2.75) is 51.9 Å². The zero-order valence-electron chi connectivity index (χ0n) is 13.1. The lowest BCUT2D eigenvalue weighted by Gasteiger charge is -2.37. The molecule has 1 rings (SSSR count). The lowest BCUT2D eigenvalue weighted by atomic mass is 10.1. The van der Waals surface area contributed by atoms with Gasteiger partial charge in [-0.05, 0) is 27.2 Å². The van der Waals surface area contributed by atoms with Crippen LogP contribution in [0.4, 0.5) is 4.79 Å². The first-order chi connectivity index (χ1) is 9.35. The summed E-state index contributed by atoms with van der Waals surface area (Å²) in [6, 6.07) is 0.125. The Balaban J connectivity index is 2.40. The number of ether oxygens (including phenoxy) is 2. The Morgan fingerprint density at radius 2 is 2.25 bits per heavy atom. The van der Waals surface area contributed by atoms with Crippen LogP contribution < -0.4 is 11.1 Å². The van der Waals surface area contributed by atoms with Gasteiger partial charge < -0.3 is 20.5 Å². The van der Waals surface area contributed by atoms with E-state index in [0.29, 0.717) is 13.1 Å². The molecule has 6 nitrogen and oxygen atoms in total. The Morgan fingerprint density at radius 3 is 2.80 bits per heavy atom. The highest BCUT2D eigenvalue weighted by molar-refractivity contribution is 5.67. The van der Waals surface area contributed by atoms with Gasteiger partial charge in [0.15, 0.2) is 0 Å². The molecule has 1 heterocycles. The van der Waals surface area contributed by atoms with Crippen molar-refractivity contribution in [1.29, 1.82) is 0 Å². The number of nitrogens with two attached hydrogens (primary N) is 1. The van der Waals surface area contributed by atoms with Crippen molar-refractivity contribution in [3.05, 3.63) is 0 Å². The zero-order chi connectivity index (χ0) is 15.2. The second-order valence-electron chi connectivity index (χ2n) is 6.17. The summed E-state index contributed by atoms with van der Waals surface area (Å²) in [7, 11) is 0. The first kappa shape index (κ1) is 17.2. The highest BCUT2D eigenvalue weighted by Crippen LogP contribution is 2.11. The Labute approximate surface area is 122 Å². The van der Waals surface area contributed by atoms with Crippen LogP contribution >= 0.6 is 0 Å². The average molecular weight is 287 g/mol. The maximum Gasteiger partial charge on any atom is 0.407 e. The van der Waals surface area contributed by atoms with Gasteiger partial charge in [0.25, 0.3) is 0 Å². The van der Waals surface area contributed by atoms with Crippen molar-refractivity contribution in [2.24, 2.45) is 5.73 Å². The van der Waals surface area contributed by atoms with E-state index in [1.807, 2.05) is 20.8 Å². The van der Waals surface area contributed by atoms with Crippen LogP contribution in [0.3, 0.4) is 0 Å². The third-order valence-corrected chi connectivity index (χ3v) is 3.29. The Hall–Kier alpha value is -0.850. The van der Waals surface area contributed by atoms with Crippen molar-refractivity contribution in [3.8, 4) is 0 Å². The molecule has 0 aromatic heterocycles. The van der Waals surface area contributed by atoms with Gasteiger partial charge in [-0.15, -0.1) is 0 Å². The van der Waals surface area contributed by atoms with Crippen molar-refractivity contribution < 1.29 is 14.3 Å². The van der Waals surface area contributed by atoms with Crippen molar-refractivity contribution in [2.75, 3.05) is 32.8 Å². The standard InChI is InChI=1S/C14H29N3O3/c1-5-12-10-17(6-7-19-12)11(8-15)9-16-13(18)20-14(2,3)4/h11-12H,5-10,15H2,1-4H3,(H,16,18). The van der Waals surface area contributed by atoms with Crippen LogP contribution in [0, 0.1) is 0 Å². The van der Waals surface area contributed by atoms with Crippen molar-refractivity contribution >= 4 is 6.09 Å². The number of rotatable bonds is 5. The smallest absolute Gasteiger partial charge is 0.407 e. The van der Waals surface area contributed by atoms with Crippen LogP contribution in [0.5, 0.6) is 0 Å². The summed E-state index contributed by atoms with van der Waals surface area (Å²) < 4.78 is 10.9. The molecule has 3 N–H and O–H groups in total. The van der Waals surface area contributed by atoms with E-state index >= 15 is 0 Å². The summed E-state index contributed by atoms with van der Waals surface area (Å²) in [6.45, 7) is 11.1. The number of nitrogens with one attached hydrogen (secondary N) is 1. The molecule has 0 radical (unpaired) electrons. The van der Waals surface area contributed by atoms with Crippen molar-refractivity contribution in [1.82, 2.24) is 10.2 Å². The minimum Gasteiger partial charge on any atom is -0.444 e. The number of carbonyl (C=O) groups excluding carboxylic acids is 1. The molecule has 1 amide bonds. The zero-order valence-corrected chi connectivity index (χ0v) is 13.1. The largest absolute Gasteiger partial charge is 0.444 e. The first-order valence-corrected chi connectivity index (χ1v) is 7.38. The summed E-state index contributed by atoms with van der Waals surface area (Å²) in [6.07, 6.45) is 0.864. The minimum absolute atomic E-state index is 0.125. The van der Waals surface area contributed by atoms with Gasteiger partial charge in [0.2, 0.25) is 0 Å². The summed E-state index contributed by atoms with van der Waals surface area (Å²) in [4.78, 5) is 14.0. The monoisotopic (exact) mass is 287 g/mol. The molecule has 1 aliphatic heterocycles. The highest BCUT2D eigenvalue weighted by atomic mass is 16.6. The first-order valence-electron chi connectivity index (χ1n) is 7.38. The van der Waals surface area contributed by atoms with Gasteiger partial charge >= 0.3 is 6.09 Å². The molecule has 20 heavy (non-hydrogen) atoms. The second kappa shape index (κ2) is 7.81. The fourth-order valence-electron chi connectivity index (χ4n) is 2.20. The van der Waals surface area contributed by atoms with Gasteiger partial charge in [-0.1, -0.05) is 6.92 Å². The summed E-state index contributed by atoms with van der Waals surface area (Å²) in [5, 5.41) is 2.80. The van der Waals surface area contributed by atoms with E-state index in [4.69, 9.17) is 15.2 Å². The number of alkyl carbamates (subject to hydrolysis) is 1.